The molecule has 0 radical (unpaired) electrons. The maximum atomic E-state index is 11.9. The maximum Gasteiger partial charge on any atom is 0.250 e. The van der Waals surface area contributed by atoms with E-state index in [0.717, 1.165) is 58.5 Å². The minimum absolute atomic E-state index is 0.0548. The van der Waals surface area contributed by atoms with Gasteiger partial charge in [-0.2, -0.15) is 0 Å². The van der Waals surface area contributed by atoms with E-state index >= 15 is 0 Å². The molecule has 5 rings (SSSR count). The van der Waals surface area contributed by atoms with Crippen molar-refractivity contribution in [3.63, 3.8) is 0 Å². The Hall–Kier alpha value is -2.90. The summed E-state index contributed by atoms with van der Waals surface area (Å²) in [6.07, 6.45) is 3.73. The van der Waals surface area contributed by atoms with E-state index in [1.54, 1.807) is 17.7 Å². The van der Waals surface area contributed by atoms with Crippen LogP contribution >= 0.6 is 15.9 Å². The predicted octanol–water partition coefficient (Wildman–Crippen LogP) is 5.38. The average molecular weight is 480 g/mol. The van der Waals surface area contributed by atoms with Crippen molar-refractivity contribution >= 4 is 27.0 Å². The number of benzene rings is 2. The van der Waals surface area contributed by atoms with Crippen LogP contribution in [0.3, 0.4) is 0 Å². The fraction of sp³-hybridized carbons (Fsp3) is 0.250. The Morgan fingerprint density at radius 3 is 2.77 bits per heavy atom. The van der Waals surface area contributed by atoms with Gasteiger partial charge in [0.05, 0.1) is 5.52 Å². The Balaban J connectivity index is 1.67. The van der Waals surface area contributed by atoms with Crippen LogP contribution in [0.4, 0.5) is 0 Å². The minimum atomic E-state index is -0.0548. The van der Waals surface area contributed by atoms with E-state index in [9.17, 15) is 4.79 Å². The largest absolute Gasteiger partial charge is 0.454 e. The molecule has 1 fully saturated rings. The van der Waals surface area contributed by atoms with Gasteiger partial charge in [-0.25, -0.2) is 4.98 Å². The molecule has 1 aliphatic rings. The Labute approximate surface area is 188 Å². The maximum absolute atomic E-state index is 11.9. The monoisotopic (exact) mass is 479 g/mol. The highest BCUT2D eigenvalue weighted by molar-refractivity contribution is 9.10. The lowest BCUT2D eigenvalue weighted by Gasteiger charge is -2.19. The van der Waals surface area contributed by atoms with Gasteiger partial charge in [0, 0.05) is 54.0 Å². The van der Waals surface area contributed by atoms with Gasteiger partial charge in [-0.15, -0.1) is 0 Å². The number of nitrogens with zero attached hydrogens (tertiary/aromatic N) is 2. The summed E-state index contributed by atoms with van der Waals surface area (Å²) in [6.45, 7) is 1.51. The number of hydrogen-bond donors (Lipinski definition) is 1. The van der Waals surface area contributed by atoms with Gasteiger partial charge in [-0.05, 0) is 49.2 Å². The molecule has 0 bridgehead atoms. The molecule has 3 heterocycles. The van der Waals surface area contributed by atoms with Crippen LogP contribution in [0.25, 0.3) is 22.2 Å². The molecule has 0 aliphatic carbocycles. The van der Waals surface area contributed by atoms with Crippen molar-refractivity contribution in [2.45, 2.75) is 18.8 Å². The number of halogens is 1. The van der Waals surface area contributed by atoms with E-state index < -0.39 is 0 Å². The van der Waals surface area contributed by atoms with Crippen molar-refractivity contribution in [2.75, 3.05) is 13.2 Å². The highest BCUT2D eigenvalue weighted by Crippen LogP contribution is 2.40. The summed E-state index contributed by atoms with van der Waals surface area (Å²) >= 11 is 3.51. The lowest BCUT2D eigenvalue weighted by Crippen LogP contribution is -2.15. The molecule has 0 amide bonds. The highest BCUT2D eigenvalue weighted by atomic mass is 79.9. The van der Waals surface area contributed by atoms with Gasteiger partial charge >= 0.3 is 0 Å². The van der Waals surface area contributed by atoms with Crippen LogP contribution in [0.15, 0.2) is 64.0 Å². The predicted molar refractivity (Wildman–Crippen MR) is 124 cm³/mol. The van der Waals surface area contributed by atoms with Crippen LogP contribution < -0.4 is 10.3 Å². The topological polar surface area (TPSA) is 69.1 Å². The van der Waals surface area contributed by atoms with Crippen molar-refractivity contribution < 1.29 is 9.47 Å². The molecule has 2 aromatic carbocycles. The Morgan fingerprint density at radius 2 is 2.00 bits per heavy atom. The number of imidazole rings is 1. The number of ether oxygens (including phenoxy) is 2. The molecule has 1 N–H and O–H groups in total. The normalized spacial score (nSPS) is 14.8. The van der Waals surface area contributed by atoms with Crippen LogP contribution in [-0.2, 0) is 11.8 Å². The summed E-state index contributed by atoms with van der Waals surface area (Å²) in [5, 5.41) is 0. The molecular formula is C24H22BrN3O3. The third kappa shape index (κ3) is 4.03. The summed E-state index contributed by atoms with van der Waals surface area (Å²) < 4.78 is 14.4. The van der Waals surface area contributed by atoms with Gasteiger partial charge in [0.15, 0.2) is 5.75 Å². The van der Waals surface area contributed by atoms with Crippen molar-refractivity contribution in [3.8, 4) is 22.6 Å². The van der Waals surface area contributed by atoms with Gasteiger partial charge in [-0.1, -0.05) is 22.0 Å². The lowest BCUT2D eigenvalue weighted by molar-refractivity contribution is 0.0838. The highest BCUT2D eigenvalue weighted by Gasteiger charge is 2.22. The van der Waals surface area contributed by atoms with Crippen LogP contribution in [0.1, 0.15) is 24.6 Å². The lowest BCUT2D eigenvalue weighted by atomic mass is 10.00. The zero-order valence-electron chi connectivity index (χ0n) is 17.1. The molecule has 1 aliphatic heterocycles. The molecule has 0 saturated carbocycles. The number of rotatable bonds is 4. The number of aromatic nitrogens is 3. The van der Waals surface area contributed by atoms with Gasteiger partial charge in [0.25, 0.3) is 0 Å². The zero-order valence-corrected chi connectivity index (χ0v) is 18.7. The first kappa shape index (κ1) is 20.0. The molecule has 6 nitrogen and oxygen atoms in total. The summed E-state index contributed by atoms with van der Waals surface area (Å²) in [7, 11) is 1.75. The second kappa shape index (κ2) is 8.32. The third-order valence-corrected chi connectivity index (χ3v) is 6.14. The molecule has 0 atom stereocenters. The van der Waals surface area contributed by atoms with Gasteiger partial charge in [-0.3, -0.25) is 4.79 Å². The summed E-state index contributed by atoms with van der Waals surface area (Å²) in [6, 6.07) is 15.2. The molecule has 31 heavy (non-hydrogen) atoms. The molecule has 2 aromatic heterocycles. The SMILES string of the molecule is Cn1cc(-c2ccc3[nH]c(C4CCOCC4)nc3c2Oc2cccc(Br)c2)ccc1=O. The number of hydrogen-bond acceptors (Lipinski definition) is 4. The van der Waals surface area contributed by atoms with E-state index in [4.69, 9.17) is 14.5 Å². The smallest absolute Gasteiger partial charge is 0.250 e. The average Bonchev–Trinajstić information content (AvgIpc) is 3.22. The zero-order chi connectivity index (χ0) is 21.4. The Morgan fingerprint density at radius 1 is 1.16 bits per heavy atom. The van der Waals surface area contributed by atoms with Crippen molar-refractivity contribution in [2.24, 2.45) is 7.05 Å². The number of pyridine rings is 1. The fourth-order valence-electron chi connectivity index (χ4n) is 3.97. The van der Waals surface area contributed by atoms with Crippen LogP contribution in [-0.4, -0.2) is 27.7 Å². The molecule has 158 valence electrons. The molecule has 7 heteroatoms. The number of aromatic amines is 1. The number of H-pyrrole nitrogens is 1. The quantitative estimate of drug-likeness (QED) is 0.426. The number of aryl methyl sites for hydroxylation is 1. The standard InChI is InChI=1S/C24H22BrN3O3/c1-28-14-16(5-8-21(28)29)19-6-7-20-22(23(19)31-18-4-2-3-17(25)13-18)27-24(26-20)15-9-11-30-12-10-15/h2-8,13-15H,9-12H2,1H3,(H,26,27). The van der Waals surface area contributed by atoms with E-state index in [1.807, 2.05) is 48.7 Å². The van der Waals surface area contributed by atoms with E-state index in [-0.39, 0.29) is 5.56 Å². The first-order valence-electron chi connectivity index (χ1n) is 10.3. The van der Waals surface area contributed by atoms with E-state index in [0.29, 0.717) is 17.4 Å². The second-order valence-corrected chi connectivity index (χ2v) is 8.69. The Bertz CT molecular complexity index is 1310. The van der Waals surface area contributed by atoms with Gasteiger partial charge in [0.1, 0.15) is 17.1 Å². The Kier molecular flexibility index (Phi) is 5.38. The first-order valence-corrected chi connectivity index (χ1v) is 11.1. The van der Waals surface area contributed by atoms with Crippen LogP contribution in [0.2, 0.25) is 0 Å². The number of fused-ring (bicyclic) bond motifs is 1. The molecule has 1 saturated heterocycles. The second-order valence-electron chi connectivity index (χ2n) is 7.77. The van der Waals surface area contributed by atoms with Crippen molar-refractivity contribution in [1.82, 2.24) is 14.5 Å². The van der Waals surface area contributed by atoms with Crippen molar-refractivity contribution in [3.05, 3.63) is 75.4 Å². The summed E-state index contributed by atoms with van der Waals surface area (Å²) in [5.74, 6) is 2.70. The third-order valence-electron chi connectivity index (χ3n) is 5.65. The van der Waals surface area contributed by atoms with Gasteiger partial charge < -0.3 is 19.0 Å². The van der Waals surface area contributed by atoms with E-state index in [2.05, 4.69) is 20.9 Å². The van der Waals surface area contributed by atoms with Gasteiger partial charge in [0.2, 0.25) is 5.56 Å². The summed E-state index contributed by atoms with van der Waals surface area (Å²) in [5.41, 5.74) is 3.44. The van der Waals surface area contributed by atoms with Crippen LogP contribution in [0.5, 0.6) is 11.5 Å². The van der Waals surface area contributed by atoms with E-state index in [1.165, 1.54) is 0 Å². The summed E-state index contributed by atoms with van der Waals surface area (Å²) in [4.78, 5) is 20.4. The first-order chi connectivity index (χ1) is 15.1. The molecule has 0 unspecified atom stereocenters. The minimum Gasteiger partial charge on any atom is -0.454 e. The number of nitrogens with one attached hydrogen (secondary N) is 1. The molecule has 0 spiro atoms. The molecule has 4 aromatic rings. The fourth-order valence-corrected chi connectivity index (χ4v) is 4.34. The molecular weight excluding hydrogens is 458 g/mol. The van der Waals surface area contributed by atoms with Crippen molar-refractivity contribution in [1.29, 1.82) is 0 Å². The van der Waals surface area contributed by atoms with Crippen LogP contribution in [0, 0.1) is 0 Å².